The van der Waals surface area contributed by atoms with E-state index in [1.54, 1.807) is 0 Å². The predicted octanol–water partition coefficient (Wildman–Crippen LogP) is 26.0. The quantitative estimate of drug-likeness (QED) is 0.0169. The highest BCUT2D eigenvalue weighted by atomic mass is 31.2. The van der Waals surface area contributed by atoms with Crippen LogP contribution in [0.2, 0.25) is 0 Å². The number of unbranched alkanes of at least 4 members (excludes halogenated alkanes) is 33. The fourth-order valence-electron chi connectivity index (χ4n) is 11.5. The highest BCUT2D eigenvalue weighted by Gasteiger charge is 2.30. The summed E-state index contributed by atoms with van der Waals surface area (Å²) in [7, 11) is -9.99. The van der Waals surface area contributed by atoms with Crippen LogP contribution in [0.1, 0.15) is 362 Å². The summed E-state index contributed by atoms with van der Waals surface area (Å²) >= 11 is 0. The standard InChI is InChI=1S/C91H156O17P2/c1-5-9-13-17-21-25-29-33-36-39-42-45-48-52-55-59-63-67-71-75-88(93)101-81-86(107-90(95)77-73-69-65-61-57-51-32-28-24-20-16-12-8-4)83-105-109(97,98)103-79-85(92)80-104-110(99,100)106-84-87(108-91(96)78-74-70-66-62-58-54-50-47-44-41-38-35-31-27-23-19-15-11-7-3)82-102-89(94)76-72-68-64-60-56-53-49-46-43-40-37-34-30-26-22-18-14-10-6-2/h10,14,21-23,25-27,33-38,42-47,53,56,85-87,92H,5-9,11-13,15-20,24,28-32,39-41,48-52,54-55,57-84H2,1-4H3,(H,97,98)(H,99,100)/b14-10-,25-21-,26-22-,27-23-,36-33-,37-34-,38-35-,45-42-,46-43-,47-44-,56-53-. The molecule has 0 aliphatic rings. The maximum absolute atomic E-state index is 13.1. The molecule has 0 aromatic rings. The number of carbonyl (C=O) groups is 4. The van der Waals surface area contributed by atoms with E-state index in [4.69, 9.17) is 37.0 Å². The van der Waals surface area contributed by atoms with Crippen LogP contribution in [0.4, 0.5) is 0 Å². The molecule has 0 radical (unpaired) electrons. The van der Waals surface area contributed by atoms with Crippen LogP contribution in [0.3, 0.4) is 0 Å². The van der Waals surface area contributed by atoms with E-state index >= 15 is 0 Å². The van der Waals surface area contributed by atoms with E-state index < -0.39 is 97.5 Å². The molecule has 0 aliphatic heterocycles. The van der Waals surface area contributed by atoms with Crippen molar-refractivity contribution in [1.29, 1.82) is 0 Å². The molecule has 5 atom stereocenters. The number of hydrogen-bond donors (Lipinski definition) is 3. The molecule has 3 N–H and O–H groups in total. The van der Waals surface area contributed by atoms with Gasteiger partial charge in [-0.05, 0) is 148 Å². The summed E-state index contributed by atoms with van der Waals surface area (Å²) in [4.78, 5) is 73.3. The highest BCUT2D eigenvalue weighted by Crippen LogP contribution is 2.45. The summed E-state index contributed by atoms with van der Waals surface area (Å²) in [6.07, 6.45) is 94.0. The first-order valence-corrected chi connectivity index (χ1v) is 46.4. The van der Waals surface area contributed by atoms with Crippen LogP contribution in [0.25, 0.3) is 0 Å². The topological polar surface area (TPSA) is 237 Å². The minimum Gasteiger partial charge on any atom is -0.462 e. The average molecular weight is 1580 g/mol. The molecule has 0 spiro atoms. The molecule has 0 saturated carbocycles. The first-order valence-electron chi connectivity index (χ1n) is 43.4. The van der Waals surface area contributed by atoms with Crippen LogP contribution >= 0.6 is 15.6 Å². The minimum atomic E-state index is -5.00. The van der Waals surface area contributed by atoms with Crippen molar-refractivity contribution < 1.29 is 80.2 Å². The lowest BCUT2D eigenvalue weighted by Gasteiger charge is -2.21. The molecule has 19 heteroatoms. The van der Waals surface area contributed by atoms with Crippen molar-refractivity contribution in [3.8, 4) is 0 Å². The fraction of sp³-hybridized carbons (Fsp3) is 0.714. The molecule has 0 fully saturated rings. The molecule has 0 bridgehead atoms. The molecule has 0 heterocycles. The van der Waals surface area contributed by atoms with E-state index in [-0.39, 0.29) is 25.7 Å². The van der Waals surface area contributed by atoms with Gasteiger partial charge in [0.05, 0.1) is 26.4 Å². The van der Waals surface area contributed by atoms with Gasteiger partial charge in [0, 0.05) is 25.7 Å². The van der Waals surface area contributed by atoms with Crippen molar-refractivity contribution in [3.05, 3.63) is 134 Å². The summed E-state index contributed by atoms with van der Waals surface area (Å²) < 4.78 is 68.8. The third kappa shape index (κ3) is 81.2. The van der Waals surface area contributed by atoms with E-state index in [1.807, 2.05) is 0 Å². The zero-order valence-corrected chi connectivity index (χ0v) is 71.2. The van der Waals surface area contributed by atoms with Gasteiger partial charge in [0.15, 0.2) is 12.2 Å². The Hall–Kier alpha value is -4.80. The third-order valence-corrected chi connectivity index (χ3v) is 20.0. The van der Waals surface area contributed by atoms with Crippen molar-refractivity contribution in [3.63, 3.8) is 0 Å². The number of carbonyl (C=O) groups excluding carboxylic acids is 4. The Morgan fingerprint density at radius 1 is 0.264 bits per heavy atom. The van der Waals surface area contributed by atoms with Crippen molar-refractivity contribution in [2.75, 3.05) is 39.6 Å². The number of esters is 4. The number of hydrogen-bond acceptors (Lipinski definition) is 15. The maximum Gasteiger partial charge on any atom is 0.472 e. The van der Waals surface area contributed by atoms with Crippen LogP contribution in [0.5, 0.6) is 0 Å². The summed E-state index contributed by atoms with van der Waals surface area (Å²) in [5, 5.41) is 10.7. The monoisotopic (exact) mass is 1580 g/mol. The minimum absolute atomic E-state index is 0.0700. The van der Waals surface area contributed by atoms with Gasteiger partial charge in [-0.1, -0.05) is 322 Å². The van der Waals surface area contributed by atoms with E-state index in [9.17, 15) is 43.2 Å². The molecule has 110 heavy (non-hydrogen) atoms. The molecular formula is C91H156O17P2. The molecule has 0 aromatic heterocycles. The number of rotatable bonds is 81. The van der Waals surface area contributed by atoms with Gasteiger partial charge in [-0.15, -0.1) is 0 Å². The first-order chi connectivity index (χ1) is 53.7. The summed E-state index contributed by atoms with van der Waals surface area (Å²) in [5.41, 5.74) is 0. The summed E-state index contributed by atoms with van der Waals surface area (Å²) in [6.45, 7) is 4.69. The van der Waals surface area contributed by atoms with Gasteiger partial charge in [0.1, 0.15) is 19.3 Å². The molecule has 0 amide bonds. The average Bonchev–Trinajstić information content (AvgIpc) is 0.900. The van der Waals surface area contributed by atoms with Crippen molar-refractivity contribution in [1.82, 2.24) is 0 Å². The Kier molecular flexibility index (Phi) is 78.6. The molecular weight excluding hydrogens is 1430 g/mol. The molecule has 17 nitrogen and oxygen atoms in total. The predicted molar refractivity (Wildman–Crippen MR) is 454 cm³/mol. The Morgan fingerprint density at radius 3 is 0.755 bits per heavy atom. The van der Waals surface area contributed by atoms with Crippen molar-refractivity contribution in [2.24, 2.45) is 0 Å². The Labute approximate surface area is 669 Å². The lowest BCUT2D eigenvalue weighted by molar-refractivity contribution is -0.161. The van der Waals surface area contributed by atoms with Crippen molar-refractivity contribution >= 4 is 39.5 Å². The number of allylic oxidation sites excluding steroid dienone is 22. The highest BCUT2D eigenvalue weighted by molar-refractivity contribution is 7.47. The normalized spacial score (nSPS) is 14.4. The van der Waals surface area contributed by atoms with Gasteiger partial charge in [0.25, 0.3) is 0 Å². The second-order valence-corrected chi connectivity index (χ2v) is 31.7. The lowest BCUT2D eigenvalue weighted by atomic mass is 10.0. The van der Waals surface area contributed by atoms with Crippen LogP contribution in [-0.4, -0.2) is 96.7 Å². The van der Waals surface area contributed by atoms with Crippen LogP contribution < -0.4 is 0 Å². The van der Waals surface area contributed by atoms with Gasteiger partial charge in [-0.2, -0.15) is 0 Å². The number of ether oxygens (including phenoxy) is 4. The van der Waals surface area contributed by atoms with Gasteiger partial charge in [0.2, 0.25) is 0 Å². The molecule has 0 aliphatic carbocycles. The first kappa shape index (κ1) is 105. The molecule has 0 aromatic carbocycles. The number of aliphatic hydroxyl groups excluding tert-OH is 1. The molecule has 0 saturated heterocycles. The number of phosphoric ester groups is 2. The van der Waals surface area contributed by atoms with E-state index in [0.29, 0.717) is 25.7 Å². The second kappa shape index (κ2) is 82.2. The Bertz CT molecular complexity index is 2600. The third-order valence-electron chi connectivity index (χ3n) is 18.1. The van der Waals surface area contributed by atoms with Gasteiger partial charge >= 0.3 is 39.5 Å². The zero-order valence-electron chi connectivity index (χ0n) is 69.4. The van der Waals surface area contributed by atoms with Crippen LogP contribution in [0, 0.1) is 0 Å². The zero-order chi connectivity index (χ0) is 80.3. The Balaban J connectivity index is 5.41. The Morgan fingerprint density at radius 2 is 0.473 bits per heavy atom. The number of aliphatic hydroxyl groups is 1. The number of phosphoric acid groups is 2. The summed E-state index contributed by atoms with van der Waals surface area (Å²) in [6, 6.07) is 0. The van der Waals surface area contributed by atoms with Crippen LogP contribution in [-0.2, 0) is 65.4 Å². The molecule has 632 valence electrons. The second-order valence-electron chi connectivity index (χ2n) is 28.7. The van der Waals surface area contributed by atoms with E-state index in [2.05, 4.69) is 161 Å². The van der Waals surface area contributed by atoms with Crippen LogP contribution in [0.15, 0.2) is 134 Å². The van der Waals surface area contributed by atoms with Crippen molar-refractivity contribution in [2.45, 2.75) is 380 Å². The fourth-order valence-corrected chi connectivity index (χ4v) is 13.1. The maximum atomic E-state index is 13.1. The van der Waals surface area contributed by atoms with Gasteiger partial charge in [-0.3, -0.25) is 37.3 Å². The van der Waals surface area contributed by atoms with E-state index in [1.165, 1.54) is 89.9 Å². The van der Waals surface area contributed by atoms with Gasteiger partial charge in [-0.25, -0.2) is 9.13 Å². The largest absolute Gasteiger partial charge is 0.472 e. The molecule has 0 rings (SSSR count). The SMILES string of the molecule is CC/C=C\C/C=C\C/C=C\C/C=C\C/C=C\CCCCCC(=O)OCC(COP(=O)(O)OCC(O)COP(=O)(O)OCC(COC(=O)CCCCCCCC/C=C\C/C=C\C/C=C\CCCCC)OC(=O)CCCCCCCCCCCCCCC)OC(=O)CCCCCCCC/C=C\C/C=C\C/C=C\CCCCC. The molecule has 5 unspecified atom stereocenters. The smallest absolute Gasteiger partial charge is 0.462 e. The summed E-state index contributed by atoms with van der Waals surface area (Å²) in [5.74, 6) is -2.22. The van der Waals surface area contributed by atoms with Gasteiger partial charge < -0.3 is 33.8 Å². The lowest BCUT2D eigenvalue weighted by Crippen LogP contribution is -2.30. The van der Waals surface area contributed by atoms with E-state index in [0.717, 1.165) is 193 Å².